The highest BCUT2D eigenvalue weighted by atomic mass is 16.6. The summed E-state index contributed by atoms with van der Waals surface area (Å²) < 4.78 is 9.39. The van der Waals surface area contributed by atoms with Crippen molar-refractivity contribution in [2.24, 2.45) is 0 Å². The molecule has 1 aromatic carbocycles. The standard InChI is InChI=1S/C15H13NO6/c1-10(15(18)21-3)14(22-11(2)17)9-6-12-4-7-13(8-5-12)16(19)20/h4-5,7-8,14H,1H2,2-3H3. The molecule has 0 aromatic heterocycles. The summed E-state index contributed by atoms with van der Waals surface area (Å²) in [4.78, 5) is 32.5. The third kappa shape index (κ3) is 4.76. The molecular weight excluding hydrogens is 290 g/mol. The van der Waals surface area contributed by atoms with E-state index in [1.165, 1.54) is 38.3 Å². The predicted octanol–water partition coefficient (Wildman–Crippen LogP) is 1.61. The van der Waals surface area contributed by atoms with Gasteiger partial charge < -0.3 is 9.47 Å². The van der Waals surface area contributed by atoms with E-state index in [1.54, 1.807) is 0 Å². The minimum Gasteiger partial charge on any atom is -0.466 e. The lowest BCUT2D eigenvalue weighted by Crippen LogP contribution is -2.22. The number of nitro benzene ring substituents is 1. The monoisotopic (exact) mass is 303 g/mol. The highest BCUT2D eigenvalue weighted by Gasteiger charge is 2.20. The Morgan fingerprint density at radius 1 is 1.32 bits per heavy atom. The van der Waals surface area contributed by atoms with E-state index in [0.29, 0.717) is 5.56 Å². The normalized spacial score (nSPS) is 10.6. The summed E-state index contributed by atoms with van der Waals surface area (Å²) in [7, 11) is 1.17. The van der Waals surface area contributed by atoms with Crippen molar-refractivity contribution in [2.45, 2.75) is 13.0 Å². The molecule has 1 rings (SSSR count). The van der Waals surface area contributed by atoms with Crippen LogP contribution in [0.1, 0.15) is 12.5 Å². The molecule has 0 amide bonds. The number of hydrogen-bond donors (Lipinski definition) is 0. The van der Waals surface area contributed by atoms with Gasteiger partial charge in [0.25, 0.3) is 5.69 Å². The SMILES string of the molecule is C=C(C(=O)OC)C(C#Cc1ccc([N+](=O)[O-])cc1)OC(C)=O. The van der Waals surface area contributed by atoms with Crippen LogP contribution in [0.15, 0.2) is 36.4 Å². The Hall–Kier alpha value is -3.14. The van der Waals surface area contributed by atoms with Crippen molar-refractivity contribution in [1.29, 1.82) is 0 Å². The van der Waals surface area contributed by atoms with Crippen molar-refractivity contribution in [3.05, 3.63) is 52.1 Å². The zero-order valence-corrected chi connectivity index (χ0v) is 12.0. The lowest BCUT2D eigenvalue weighted by Gasteiger charge is -2.11. The molecule has 0 N–H and O–H groups in total. The second-order valence-corrected chi connectivity index (χ2v) is 4.08. The van der Waals surface area contributed by atoms with Gasteiger partial charge in [0, 0.05) is 24.6 Å². The first kappa shape index (κ1) is 16.9. The number of hydrogen-bond acceptors (Lipinski definition) is 6. The third-order valence-corrected chi connectivity index (χ3v) is 2.47. The summed E-state index contributed by atoms with van der Waals surface area (Å²) in [6, 6.07) is 5.47. The summed E-state index contributed by atoms with van der Waals surface area (Å²) in [6.45, 7) is 4.66. The molecule has 22 heavy (non-hydrogen) atoms. The van der Waals surface area contributed by atoms with Crippen LogP contribution in [0.5, 0.6) is 0 Å². The molecule has 0 bridgehead atoms. The van der Waals surface area contributed by atoms with Crippen molar-refractivity contribution < 1.29 is 24.0 Å². The molecular formula is C15H13NO6. The maximum absolute atomic E-state index is 11.4. The van der Waals surface area contributed by atoms with Gasteiger partial charge in [-0.2, -0.15) is 0 Å². The number of methoxy groups -OCH3 is 1. The molecule has 0 saturated carbocycles. The van der Waals surface area contributed by atoms with E-state index >= 15 is 0 Å². The highest BCUT2D eigenvalue weighted by Crippen LogP contribution is 2.12. The van der Waals surface area contributed by atoms with Crippen molar-refractivity contribution >= 4 is 17.6 Å². The van der Waals surface area contributed by atoms with E-state index in [1.807, 2.05) is 0 Å². The van der Waals surface area contributed by atoms with E-state index in [9.17, 15) is 19.7 Å². The summed E-state index contributed by atoms with van der Waals surface area (Å²) in [6.07, 6.45) is -1.15. The van der Waals surface area contributed by atoms with Gasteiger partial charge in [0.2, 0.25) is 0 Å². The summed E-state index contributed by atoms with van der Waals surface area (Å²) >= 11 is 0. The van der Waals surface area contributed by atoms with Gasteiger partial charge in [0.15, 0.2) is 6.10 Å². The largest absolute Gasteiger partial charge is 0.466 e. The molecule has 0 radical (unpaired) electrons. The van der Waals surface area contributed by atoms with Crippen molar-refractivity contribution in [3.63, 3.8) is 0 Å². The molecule has 0 aliphatic rings. The second kappa shape index (κ2) is 7.59. The number of esters is 2. The van der Waals surface area contributed by atoms with Crippen LogP contribution in [0, 0.1) is 22.0 Å². The Labute approximate surface area is 126 Å². The fourth-order valence-corrected chi connectivity index (χ4v) is 1.41. The average molecular weight is 303 g/mol. The van der Waals surface area contributed by atoms with Gasteiger partial charge in [-0.15, -0.1) is 0 Å². The molecule has 1 atom stereocenters. The fourth-order valence-electron chi connectivity index (χ4n) is 1.41. The Morgan fingerprint density at radius 2 is 1.91 bits per heavy atom. The molecule has 1 aromatic rings. The maximum atomic E-state index is 11.4. The summed E-state index contributed by atoms with van der Waals surface area (Å²) in [5.74, 6) is 3.85. The van der Waals surface area contributed by atoms with Gasteiger partial charge in [-0.1, -0.05) is 12.5 Å². The smallest absolute Gasteiger partial charge is 0.337 e. The summed E-state index contributed by atoms with van der Waals surface area (Å²) in [5, 5.41) is 10.5. The average Bonchev–Trinajstić information content (AvgIpc) is 2.49. The number of non-ortho nitro benzene ring substituents is 1. The Bertz CT molecular complexity index is 666. The molecule has 1 unspecified atom stereocenters. The lowest BCUT2D eigenvalue weighted by atomic mass is 10.1. The van der Waals surface area contributed by atoms with Crippen LogP contribution >= 0.6 is 0 Å². The van der Waals surface area contributed by atoms with Gasteiger partial charge >= 0.3 is 11.9 Å². The van der Waals surface area contributed by atoms with E-state index in [2.05, 4.69) is 23.2 Å². The van der Waals surface area contributed by atoms with Crippen LogP contribution in [0.4, 0.5) is 5.69 Å². The zero-order valence-electron chi connectivity index (χ0n) is 12.0. The molecule has 7 heteroatoms. The lowest BCUT2D eigenvalue weighted by molar-refractivity contribution is -0.384. The van der Waals surface area contributed by atoms with Gasteiger partial charge in [0.05, 0.1) is 17.6 Å². The van der Waals surface area contributed by atoms with Crippen LogP contribution in [0.2, 0.25) is 0 Å². The number of benzene rings is 1. The van der Waals surface area contributed by atoms with Crippen LogP contribution in [-0.4, -0.2) is 30.1 Å². The van der Waals surface area contributed by atoms with E-state index in [0.717, 1.165) is 0 Å². The van der Waals surface area contributed by atoms with Crippen molar-refractivity contribution in [3.8, 4) is 11.8 Å². The molecule has 0 saturated heterocycles. The van der Waals surface area contributed by atoms with Gasteiger partial charge in [-0.25, -0.2) is 4.79 Å². The molecule has 7 nitrogen and oxygen atoms in total. The first-order valence-electron chi connectivity index (χ1n) is 6.05. The quantitative estimate of drug-likeness (QED) is 0.276. The molecule has 0 spiro atoms. The molecule has 114 valence electrons. The van der Waals surface area contributed by atoms with E-state index < -0.39 is 23.0 Å². The topological polar surface area (TPSA) is 95.7 Å². The molecule has 0 fully saturated rings. The molecule has 0 aliphatic carbocycles. The summed E-state index contributed by atoms with van der Waals surface area (Å²) in [5.41, 5.74) is 0.272. The number of ether oxygens (including phenoxy) is 2. The van der Waals surface area contributed by atoms with Crippen LogP contribution < -0.4 is 0 Å². The van der Waals surface area contributed by atoms with Crippen molar-refractivity contribution in [2.75, 3.05) is 7.11 Å². The fraction of sp³-hybridized carbons (Fsp3) is 0.200. The zero-order chi connectivity index (χ0) is 16.7. The second-order valence-electron chi connectivity index (χ2n) is 4.08. The van der Waals surface area contributed by atoms with Crippen LogP contribution in [-0.2, 0) is 19.1 Å². The molecule has 0 heterocycles. The number of carbonyl (C=O) groups is 2. The van der Waals surface area contributed by atoms with E-state index in [4.69, 9.17) is 4.74 Å². The predicted molar refractivity (Wildman–Crippen MR) is 76.7 cm³/mol. The number of carbonyl (C=O) groups excluding carboxylic acids is 2. The van der Waals surface area contributed by atoms with Crippen LogP contribution in [0.25, 0.3) is 0 Å². The Morgan fingerprint density at radius 3 is 2.36 bits per heavy atom. The first-order chi connectivity index (χ1) is 10.3. The van der Waals surface area contributed by atoms with Gasteiger partial charge in [0.1, 0.15) is 0 Å². The number of nitrogens with zero attached hydrogens (tertiary/aromatic N) is 1. The van der Waals surface area contributed by atoms with Gasteiger partial charge in [-0.05, 0) is 18.1 Å². The molecule has 0 aliphatic heterocycles. The van der Waals surface area contributed by atoms with E-state index in [-0.39, 0.29) is 11.3 Å². The highest BCUT2D eigenvalue weighted by molar-refractivity contribution is 5.90. The Balaban J connectivity index is 2.99. The number of nitro groups is 1. The van der Waals surface area contributed by atoms with Crippen molar-refractivity contribution in [1.82, 2.24) is 0 Å². The third-order valence-electron chi connectivity index (χ3n) is 2.47. The minimum absolute atomic E-state index is 0.0685. The first-order valence-corrected chi connectivity index (χ1v) is 6.05. The number of rotatable bonds is 4. The Kier molecular flexibility index (Phi) is 5.84. The van der Waals surface area contributed by atoms with Gasteiger partial charge in [-0.3, -0.25) is 14.9 Å². The minimum atomic E-state index is -1.15. The maximum Gasteiger partial charge on any atom is 0.337 e. The van der Waals surface area contributed by atoms with Crippen LogP contribution in [0.3, 0.4) is 0 Å².